The highest BCUT2D eigenvalue weighted by atomic mass is 35.5. The first kappa shape index (κ1) is 16.8. The molecule has 0 saturated carbocycles. The molecule has 0 spiro atoms. The predicted octanol–water partition coefficient (Wildman–Crippen LogP) is 3.97. The summed E-state index contributed by atoms with van der Waals surface area (Å²) in [5.41, 5.74) is 1.01. The van der Waals surface area contributed by atoms with Crippen LogP contribution in [-0.2, 0) is 4.79 Å². The fourth-order valence-electron chi connectivity index (χ4n) is 1.78. The number of halogens is 1. The van der Waals surface area contributed by atoms with E-state index < -0.39 is 0 Å². The maximum Gasteiger partial charge on any atom is 0.220 e. The highest BCUT2D eigenvalue weighted by molar-refractivity contribution is 6.30. The second-order valence-electron chi connectivity index (χ2n) is 5.39. The molecule has 112 valence electrons. The molecule has 0 aliphatic heterocycles. The maximum absolute atomic E-state index is 11.6. The molecule has 0 unspecified atom stereocenters. The van der Waals surface area contributed by atoms with Gasteiger partial charge < -0.3 is 10.1 Å². The lowest BCUT2D eigenvalue weighted by molar-refractivity contribution is -0.121. The zero-order valence-electron chi connectivity index (χ0n) is 12.5. The van der Waals surface area contributed by atoms with Gasteiger partial charge in [0.1, 0.15) is 5.75 Å². The number of amides is 1. The third kappa shape index (κ3) is 6.80. The van der Waals surface area contributed by atoms with E-state index in [0.717, 1.165) is 30.7 Å². The van der Waals surface area contributed by atoms with Gasteiger partial charge in [-0.2, -0.15) is 0 Å². The molecule has 0 aromatic heterocycles. The summed E-state index contributed by atoms with van der Waals surface area (Å²) in [6.45, 7) is 7.55. The summed E-state index contributed by atoms with van der Waals surface area (Å²) in [6.07, 6.45) is 2.24. The van der Waals surface area contributed by atoms with Crippen molar-refractivity contribution in [1.82, 2.24) is 5.32 Å². The molecule has 1 N–H and O–H groups in total. The number of ether oxygens (including phenoxy) is 1. The van der Waals surface area contributed by atoms with Gasteiger partial charge in [0.15, 0.2) is 0 Å². The predicted molar refractivity (Wildman–Crippen MR) is 83.4 cm³/mol. The molecule has 1 aromatic carbocycles. The largest absolute Gasteiger partial charge is 0.493 e. The summed E-state index contributed by atoms with van der Waals surface area (Å²) in [7, 11) is 0. The van der Waals surface area contributed by atoms with E-state index in [0.29, 0.717) is 24.0 Å². The Balaban J connectivity index is 2.16. The van der Waals surface area contributed by atoms with Crippen molar-refractivity contribution in [1.29, 1.82) is 0 Å². The molecule has 0 radical (unpaired) electrons. The fourth-order valence-corrected chi connectivity index (χ4v) is 2.00. The van der Waals surface area contributed by atoms with Gasteiger partial charge in [-0.15, -0.1) is 0 Å². The SMILES string of the molecule is Cc1cc(Cl)ccc1OCCCC(=O)NCCC(C)C. The number of carbonyl (C=O) groups is 1. The first-order valence-electron chi connectivity index (χ1n) is 7.14. The van der Waals surface area contributed by atoms with Gasteiger partial charge in [-0.25, -0.2) is 0 Å². The number of nitrogens with one attached hydrogen (secondary N) is 1. The van der Waals surface area contributed by atoms with Gasteiger partial charge in [-0.1, -0.05) is 25.4 Å². The lowest BCUT2D eigenvalue weighted by atomic mass is 10.1. The molecule has 0 atom stereocenters. The zero-order valence-corrected chi connectivity index (χ0v) is 13.3. The van der Waals surface area contributed by atoms with Gasteiger partial charge in [-0.05, 0) is 49.4 Å². The van der Waals surface area contributed by atoms with Crippen LogP contribution in [0.1, 0.15) is 38.7 Å². The van der Waals surface area contributed by atoms with Crippen molar-refractivity contribution in [2.24, 2.45) is 5.92 Å². The van der Waals surface area contributed by atoms with Gasteiger partial charge in [0.25, 0.3) is 0 Å². The third-order valence-electron chi connectivity index (χ3n) is 2.99. The van der Waals surface area contributed by atoms with Crippen LogP contribution in [0.3, 0.4) is 0 Å². The smallest absolute Gasteiger partial charge is 0.220 e. The van der Waals surface area contributed by atoms with Crippen LogP contribution in [0.5, 0.6) is 5.75 Å². The van der Waals surface area contributed by atoms with Crippen molar-refractivity contribution in [3.05, 3.63) is 28.8 Å². The van der Waals surface area contributed by atoms with Crippen molar-refractivity contribution in [3.8, 4) is 5.75 Å². The van der Waals surface area contributed by atoms with E-state index in [-0.39, 0.29) is 5.91 Å². The van der Waals surface area contributed by atoms with Crippen LogP contribution in [0, 0.1) is 12.8 Å². The maximum atomic E-state index is 11.6. The van der Waals surface area contributed by atoms with Gasteiger partial charge >= 0.3 is 0 Å². The van der Waals surface area contributed by atoms with Gasteiger partial charge in [0.05, 0.1) is 6.61 Å². The van der Waals surface area contributed by atoms with Crippen molar-refractivity contribution in [3.63, 3.8) is 0 Å². The van der Waals surface area contributed by atoms with E-state index in [4.69, 9.17) is 16.3 Å². The standard InChI is InChI=1S/C16H24ClNO2/c1-12(2)8-9-18-16(19)5-4-10-20-15-7-6-14(17)11-13(15)3/h6-7,11-12H,4-5,8-10H2,1-3H3,(H,18,19). The van der Waals surface area contributed by atoms with E-state index in [1.807, 2.05) is 25.1 Å². The first-order valence-corrected chi connectivity index (χ1v) is 7.52. The number of rotatable bonds is 8. The van der Waals surface area contributed by atoms with E-state index in [2.05, 4.69) is 19.2 Å². The van der Waals surface area contributed by atoms with Crippen molar-refractivity contribution < 1.29 is 9.53 Å². The van der Waals surface area contributed by atoms with Crippen molar-refractivity contribution >= 4 is 17.5 Å². The van der Waals surface area contributed by atoms with E-state index in [1.165, 1.54) is 0 Å². The van der Waals surface area contributed by atoms with Crippen LogP contribution in [0.2, 0.25) is 5.02 Å². The molecule has 0 bridgehead atoms. The Hall–Kier alpha value is -1.22. The topological polar surface area (TPSA) is 38.3 Å². The highest BCUT2D eigenvalue weighted by Crippen LogP contribution is 2.21. The molecule has 1 rings (SSSR count). The van der Waals surface area contributed by atoms with Gasteiger partial charge in [-0.3, -0.25) is 4.79 Å². The molecule has 1 amide bonds. The lowest BCUT2D eigenvalue weighted by Gasteiger charge is -2.10. The Morgan fingerprint density at radius 2 is 2.15 bits per heavy atom. The van der Waals surface area contributed by atoms with Crippen LogP contribution in [-0.4, -0.2) is 19.1 Å². The molecular formula is C16H24ClNO2. The minimum atomic E-state index is 0.0991. The Labute approximate surface area is 126 Å². The minimum Gasteiger partial charge on any atom is -0.493 e. The van der Waals surface area contributed by atoms with E-state index in [9.17, 15) is 4.79 Å². The Morgan fingerprint density at radius 1 is 1.40 bits per heavy atom. The van der Waals surface area contributed by atoms with Crippen LogP contribution < -0.4 is 10.1 Å². The summed E-state index contributed by atoms with van der Waals surface area (Å²) in [4.78, 5) is 11.6. The Kier molecular flexibility index (Phi) is 7.45. The monoisotopic (exact) mass is 297 g/mol. The average Bonchev–Trinajstić information content (AvgIpc) is 2.36. The van der Waals surface area contributed by atoms with Crippen LogP contribution >= 0.6 is 11.6 Å². The summed E-state index contributed by atoms with van der Waals surface area (Å²) in [5.74, 6) is 1.54. The van der Waals surface area contributed by atoms with Gasteiger partial charge in [0, 0.05) is 18.0 Å². The number of hydrogen-bond donors (Lipinski definition) is 1. The lowest BCUT2D eigenvalue weighted by Crippen LogP contribution is -2.25. The number of benzene rings is 1. The quantitative estimate of drug-likeness (QED) is 0.737. The normalized spacial score (nSPS) is 10.7. The first-order chi connectivity index (χ1) is 9.49. The number of carbonyl (C=O) groups excluding carboxylic acids is 1. The molecule has 0 aliphatic carbocycles. The number of aryl methyl sites for hydroxylation is 1. The van der Waals surface area contributed by atoms with E-state index in [1.54, 1.807) is 0 Å². The number of hydrogen-bond acceptors (Lipinski definition) is 2. The fraction of sp³-hybridized carbons (Fsp3) is 0.562. The molecule has 0 fully saturated rings. The van der Waals surface area contributed by atoms with E-state index >= 15 is 0 Å². The van der Waals surface area contributed by atoms with Crippen molar-refractivity contribution in [2.45, 2.75) is 40.0 Å². The molecule has 4 heteroatoms. The molecular weight excluding hydrogens is 274 g/mol. The van der Waals surface area contributed by atoms with Gasteiger partial charge in [0.2, 0.25) is 5.91 Å². The van der Waals surface area contributed by atoms with Crippen molar-refractivity contribution in [2.75, 3.05) is 13.2 Å². The highest BCUT2D eigenvalue weighted by Gasteiger charge is 2.03. The Morgan fingerprint density at radius 3 is 2.80 bits per heavy atom. The molecule has 0 heterocycles. The summed E-state index contributed by atoms with van der Waals surface area (Å²) in [5, 5.41) is 3.63. The average molecular weight is 298 g/mol. The molecule has 1 aromatic rings. The summed E-state index contributed by atoms with van der Waals surface area (Å²) >= 11 is 5.88. The Bertz CT molecular complexity index is 432. The summed E-state index contributed by atoms with van der Waals surface area (Å²) < 4.78 is 5.65. The minimum absolute atomic E-state index is 0.0991. The third-order valence-corrected chi connectivity index (χ3v) is 3.22. The summed E-state index contributed by atoms with van der Waals surface area (Å²) in [6, 6.07) is 5.54. The molecule has 3 nitrogen and oxygen atoms in total. The van der Waals surface area contributed by atoms with Crippen LogP contribution in [0.25, 0.3) is 0 Å². The molecule has 0 saturated heterocycles. The second-order valence-corrected chi connectivity index (χ2v) is 5.83. The van der Waals surface area contributed by atoms with Crippen LogP contribution in [0.15, 0.2) is 18.2 Å². The second kappa shape index (κ2) is 8.85. The molecule has 0 aliphatic rings. The zero-order chi connectivity index (χ0) is 15.0. The van der Waals surface area contributed by atoms with Crippen LogP contribution in [0.4, 0.5) is 0 Å². The molecule has 20 heavy (non-hydrogen) atoms.